The van der Waals surface area contributed by atoms with Crippen LogP contribution in [-0.2, 0) is 0 Å². The Hall–Kier alpha value is -1.02. The first-order valence-electron chi connectivity index (χ1n) is 5.92. The standard InChI is InChI=1S/C13H15ClN2/c14-11-6-10(9-3-4-9)7-12(8-11)16-13-2-1-5-15-13/h6-9H,1-5H2,(H,15,16). The van der Waals surface area contributed by atoms with Crippen LogP contribution < -0.4 is 5.32 Å². The van der Waals surface area contributed by atoms with Gasteiger partial charge >= 0.3 is 0 Å². The number of amidine groups is 1. The molecule has 84 valence electrons. The molecule has 1 aliphatic carbocycles. The van der Waals surface area contributed by atoms with E-state index < -0.39 is 0 Å². The fourth-order valence-corrected chi connectivity index (χ4v) is 2.39. The second kappa shape index (κ2) is 4.10. The molecule has 2 aliphatic rings. The van der Waals surface area contributed by atoms with E-state index >= 15 is 0 Å². The van der Waals surface area contributed by atoms with E-state index in [2.05, 4.69) is 22.4 Å². The predicted octanol–water partition coefficient (Wildman–Crippen LogP) is 3.82. The molecule has 0 radical (unpaired) electrons. The molecule has 1 N–H and O–H groups in total. The third-order valence-electron chi connectivity index (χ3n) is 3.13. The average molecular weight is 235 g/mol. The predicted molar refractivity (Wildman–Crippen MR) is 68.6 cm³/mol. The van der Waals surface area contributed by atoms with E-state index in [-0.39, 0.29) is 0 Å². The van der Waals surface area contributed by atoms with Gasteiger partial charge in [-0.15, -0.1) is 0 Å². The lowest BCUT2D eigenvalue weighted by atomic mass is 10.1. The number of aliphatic imine (C=N–C) groups is 1. The fraction of sp³-hybridized carbons (Fsp3) is 0.462. The van der Waals surface area contributed by atoms with Crippen molar-refractivity contribution in [2.24, 2.45) is 4.99 Å². The third-order valence-corrected chi connectivity index (χ3v) is 3.35. The van der Waals surface area contributed by atoms with Gasteiger partial charge in [0.1, 0.15) is 5.84 Å². The van der Waals surface area contributed by atoms with E-state index in [1.54, 1.807) is 0 Å². The third kappa shape index (κ3) is 2.22. The fourth-order valence-electron chi connectivity index (χ4n) is 2.15. The van der Waals surface area contributed by atoms with Crippen LogP contribution in [0.2, 0.25) is 5.02 Å². The van der Waals surface area contributed by atoms with Gasteiger partial charge in [-0.1, -0.05) is 11.6 Å². The number of benzene rings is 1. The largest absolute Gasteiger partial charge is 0.344 e. The van der Waals surface area contributed by atoms with Gasteiger partial charge in [0.05, 0.1) is 0 Å². The van der Waals surface area contributed by atoms with Crippen molar-refractivity contribution in [1.29, 1.82) is 0 Å². The summed E-state index contributed by atoms with van der Waals surface area (Å²) >= 11 is 6.13. The number of anilines is 1. The lowest BCUT2D eigenvalue weighted by Gasteiger charge is -2.08. The van der Waals surface area contributed by atoms with Crippen LogP contribution in [0.25, 0.3) is 0 Å². The van der Waals surface area contributed by atoms with Crippen LogP contribution in [0.5, 0.6) is 0 Å². The first-order chi connectivity index (χ1) is 7.81. The molecule has 1 aromatic rings. The summed E-state index contributed by atoms with van der Waals surface area (Å²) in [4.78, 5) is 4.41. The molecular weight excluding hydrogens is 220 g/mol. The maximum Gasteiger partial charge on any atom is 0.101 e. The minimum absolute atomic E-state index is 0.741. The lowest BCUT2D eigenvalue weighted by Crippen LogP contribution is -2.08. The molecule has 0 spiro atoms. The zero-order chi connectivity index (χ0) is 11.0. The molecule has 0 aromatic heterocycles. The van der Waals surface area contributed by atoms with E-state index in [1.165, 1.54) is 24.8 Å². The van der Waals surface area contributed by atoms with Crippen LogP contribution in [-0.4, -0.2) is 12.4 Å². The average Bonchev–Trinajstić information content (AvgIpc) is 2.98. The molecule has 0 amide bonds. The van der Waals surface area contributed by atoms with E-state index in [1.807, 2.05) is 6.07 Å². The molecule has 1 aliphatic heterocycles. The Labute approximate surface area is 101 Å². The quantitative estimate of drug-likeness (QED) is 0.827. The molecule has 0 unspecified atom stereocenters. The van der Waals surface area contributed by atoms with Crippen LogP contribution in [0.4, 0.5) is 5.69 Å². The van der Waals surface area contributed by atoms with Crippen molar-refractivity contribution < 1.29 is 0 Å². The smallest absolute Gasteiger partial charge is 0.101 e. The summed E-state index contributed by atoms with van der Waals surface area (Å²) < 4.78 is 0. The first kappa shape index (κ1) is 10.2. The summed E-state index contributed by atoms with van der Waals surface area (Å²) in [7, 11) is 0. The second-order valence-electron chi connectivity index (χ2n) is 4.60. The SMILES string of the molecule is Clc1cc(NC2=NCCC2)cc(C2CC2)c1. The van der Waals surface area contributed by atoms with Gasteiger partial charge in [-0.2, -0.15) is 0 Å². The van der Waals surface area contributed by atoms with Gasteiger partial charge in [0, 0.05) is 23.7 Å². The van der Waals surface area contributed by atoms with Crippen LogP contribution in [0.15, 0.2) is 23.2 Å². The summed E-state index contributed by atoms with van der Waals surface area (Å²) in [6.45, 7) is 0.957. The molecule has 1 saturated carbocycles. The van der Waals surface area contributed by atoms with Gasteiger partial charge in [0.25, 0.3) is 0 Å². The summed E-state index contributed by atoms with van der Waals surface area (Å²) in [5.41, 5.74) is 2.46. The molecular formula is C13H15ClN2. The molecule has 0 atom stereocenters. The lowest BCUT2D eigenvalue weighted by molar-refractivity contribution is 0.951. The first-order valence-corrected chi connectivity index (χ1v) is 6.30. The highest BCUT2D eigenvalue weighted by Crippen LogP contribution is 2.41. The van der Waals surface area contributed by atoms with Crippen LogP contribution in [0, 0.1) is 0 Å². The second-order valence-corrected chi connectivity index (χ2v) is 5.04. The van der Waals surface area contributed by atoms with Crippen molar-refractivity contribution in [3.05, 3.63) is 28.8 Å². The van der Waals surface area contributed by atoms with Gasteiger partial charge in [0.2, 0.25) is 0 Å². The van der Waals surface area contributed by atoms with Gasteiger partial charge in [-0.25, -0.2) is 0 Å². The Kier molecular flexibility index (Phi) is 2.60. The van der Waals surface area contributed by atoms with Crippen molar-refractivity contribution >= 4 is 23.1 Å². The topological polar surface area (TPSA) is 24.4 Å². The number of halogens is 1. The summed E-state index contributed by atoms with van der Waals surface area (Å²) in [6.07, 6.45) is 4.84. The number of rotatable bonds is 2. The minimum Gasteiger partial charge on any atom is -0.344 e. The molecule has 1 heterocycles. The van der Waals surface area contributed by atoms with Gasteiger partial charge in [-0.05, 0) is 48.9 Å². The zero-order valence-corrected chi connectivity index (χ0v) is 9.93. The highest BCUT2D eigenvalue weighted by molar-refractivity contribution is 6.31. The Morgan fingerprint density at radius 3 is 2.81 bits per heavy atom. The molecule has 1 aromatic carbocycles. The molecule has 1 fully saturated rings. The minimum atomic E-state index is 0.741. The van der Waals surface area contributed by atoms with Crippen molar-refractivity contribution in [3.63, 3.8) is 0 Å². The van der Waals surface area contributed by atoms with E-state index in [4.69, 9.17) is 11.6 Å². The van der Waals surface area contributed by atoms with Gasteiger partial charge in [0.15, 0.2) is 0 Å². The van der Waals surface area contributed by atoms with E-state index in [0.29, 0.717) is 0 Å². The normalized spacial score (nSPS) is 19.7. The number of hydrogen-bond donors (Lipinski definition) is 1. The monoisotopic (exact) mass is 234 g/mol. The van der Waals surface area contributed by atoms with E-state index in [9.17, 15) is 0 Å². The van der Waals surface area contributed by atoms with Crippen molar-refractivity contribution in [2.75, 3.05) is 11.9 Å². The van der Waals surface area contributed by atoms with E-state index in [0.717, 1.165) is 35.4 Å². The summed E-state index contributed by atoms with van der Waals surface area (Å²) in [5.74, 6) is 1.84. The maximum atomic E-state index is 6.13. The van der Waals surface area contributed by atoms with Crippen molar-refractivity contribution in [3.8, 4) is 0 Å². The van der Waals surface area contributed by atoms with Gasteiger partial charge < -0.3 is 5.32 Å². The Morgan fingerprint density at radius 1 is 1.25 bits per heavy atom. The highest BCUT2D eigenvalue weighted by Gasteiger charge is 2.24. The van der Waals surface area contributed by atoms with Crippen molar-refractivity contribution in [2.45, 2.75) is 31.6 Å². The molecule has 3 rings (SSSR count). The van der Waals surface area contributed by atoms with Crippen LogP contribution >= 0.6 is 11.6 Å². The molecule has 2 nitrogen and oxygen atoms in total. The molecule has 16 heavy (non-hydrogen) atoms. The Balaban J connectivity index is 1.82. The number of hydrogen-bond acceptors (Lipinski definition) is 2. The van der Waals surface area contributed by atoms with Gasteiger partial charge in [-0.3, -0.25) is 4.99 Å². The Morgan fingerprint density at radius 2 is 2.12 bits per heavy atom. The summed E-state index contributed by atoms with van der Waals surface area (Å²) in [5, 5.41) is 4.19. The zero-order valence-electron chi connectivity index (χ0n) is 9.17. The Bertz CT molecular complexity index is 436. The molecule has 3 heteroatoms. The van der Waals surface area contributed by atoms with Crippen molar-refractivity contribution in [1.82, 2.24) is 0 Å². The number of nitrogens with zero attached hydrogens (tertiary/aromatic N) is 1. The highest BCUT2D eigenvalue weighted by atomic mass is 35.5. The molecule has 0 bridgehead atoms. The maximum absolute atomic E-state index is 6.13. The van der Waals surface area contributed by atoms with Crippen LogP contribution in [0.1, 0.15) is 37.2 Å². The number of nitrogens with one attached hydrogen (secondary N) is 1. The molecule has 0 saturated heterocycles. The van der Waals surface area contributed by atoms with Crippen LogP contribution in [0.3, 0.4) is 0 Å². The summed E-state index contributed by atoms with van der Waals surface area (Å²) in [6, 6.07) is 6.28.